The summed E-state index contributed by atoms with van der Waals surface area (Å²) in [7, 11) is 0. The van der Waals surface area contributed by atoms with E-state index in [2.05, 4.69) is 19.2 Å². The van der Waals surface area contributed by atoms with E-state index in [9.17, 15) is 5.11 Å². The van der Waals surface area contributed by atoms with Crippen LogP contribution in [0.3, 0.4) is 0 Å². The first-order valence-electron chi connectivity index (χ1n) is 6.32. The van der Waals surface area contributed by atoms with Crippen LogP contribution in [0.2, 0.25) is 0 Å². The van der Waals surface area contributed by atoms with E-state index in [0.717, 1.165) is 13.0 Å². The predicted molar refractivity (Wildman–Crippen MR) is 67.1 cm³/mol. The van der Waals surface area contributed by atoms with E-state index in [4.69, 9.17) is 14.6 Å². The molecule has 0 aliphatic heterocycles. The number of aliphatic hydroxyl groups is 2. The third-order valence-electron chi connectivity index (χ3n) is 2.02. The summed E-state index contributed by atoms with van der Waals surface area (Å²) in [5, 5.41) is 21.2. The van der Waals surface area contributed by atoms with Gasteiger partial charge in [0.2, 0.25) is 0 Å². The molecule has 1 atom stereocenters. The SMILES string of the molecule is CC(C)COCC(O)CNCCCOCCO. The van der Waals surface area contributed by atoms with Gasteiger partial charge in [0.05, 0.1) is 25.9 Å². The van der Waals surface area contributed by atoms with E-state index >= 15 is 0 Å². The summed E-state index contributed by atoms with van der Waals surface area (Å²) < 4.78 is 10.4. The largest absolute Gasteiger partial charge is 0.394 e. The fourth-order valence-corrected chi connectivity index (χ4v) is 1.23. The van der Waals surface area contributed by atoms with Crippen LogP contribution in [0.5, 0.6) is 0 Å². The minimum atomic E-state index is -0.452. The van der Waals surface area contributed by atoms with Crippen LogP contribution in [0.15, 0.2) is 0 Å². The normalized spacial score (nSPS) is 13.2. The summed E-state index contributed by atoms with van der Waals surface area (Å²) in [5.41, 5.74) is 0. The Balaban J connectivity index is 3.13. The highest BCUT2D eigenvalue weighted by Crippen LogP contribution is 1.93. The number of hydrogen-bond donors (Lipinski definition) is 3. The second-order valence-corrected chi connectivity index (χ2v) is 4.48. The molecule has 0 aromatic carbocycles. The molecule has 0 aliphatic carbocycles. The highest BCUT2D eigenvalue weighted by Gasteiger charge is 2.04. The lowest BCUT2D eigenvalue weighted by atomic mass is 10.2. The minimum Gasteiger partial charge on any atom is -0.394 e. The maximum atomic E-state index is 9.55. The fraction of sp³-hybridized carbons (Fsp3) is 1.00. The van der Waals surface area contributed by atoms with Crippen LogP contribution < -0.4 is 5.32 Å². The molecule has 104 valence electrons. The van der Waals surface area contributed by atoms with E-state index in [-0.39, 0.29) is 6.61 Å². The minimum absolute atomic E-state index is 0.0688. The van der Waals surface area contributed by atoms with Crippen molar-refractivity contribution in [1.29, 1.82) is 0 Å². The van der Waals surface area contributed by atoms with Gasteiger partial charge >= 0.3 is 0 Å². The molecule has 0 saturated heterocycles. The maximum absolute atomic E-state index is 9.55. The number of aliphatic hydroxyl groups excluding tert-OH is 2. The Hall–Kier alpha value is -0.200. The molecular formula is C12H27NO4. The highest BCUT2D eigenvalue weighted by molar-refractivity contribution is 4.58. The van der Waals surface area contributed by atoms with Gasteiger partial charge in [-0.05, 0) is 18.9 Å². The van der Waals surface area contributed by atoms with Crippen molar-refractivity contribution in [3.63, 3.8) is 0 Å². The van der Waals surface area contributed by atoms with Crippen LogP contribution in [0.4, 0.5) is 0 Å². The zero-order valence-corrected chi connectivity index (χ0v) is 11.0. The number of ether oxygens (including phenoxy) is 2. The summed E-state index contributed by atoms with van der Waals surface area (Å²) in [4.78, 5) is 0. The van der Waals surface area contributed by atoms with Gasteiger partial charge in [0.1, 0.15) is 0 Å². The molecule has 0 heterocycles. The van der Waals surface area contributed by atoms with Crippen molar-refractivity contribution < 1.29 is 19.7 Å². The fourth-order valence-electron chi connectivity index (χ4n) is 1.23. The summed E-state index contributed by atoms with van der Waals surface area (Å²) in [6, 6.07) is 0. The first kappa shape index (κ1) is 16.8. The van der Waals surface area contributed by atoms with Crippen LogP contribution >= 0.6 is 0 Å². The Bertz CT molecular complexity index is 155. The van der Waals surface area contributed by atoms with Gasteiger partial charge in [-0.3, -0.25) is 0 Å². The molecule has 0 saturated carbocycles. The third-order valence-corrected chi connectivity index (χ3v) is 2.02. The van der Waals surface area contributed by atoms with Gasteiger partial charge in [-0.1, -0.05) is 13.8 Å². The summed E-state index contributed by atoms with van der Waals surface area (Å²) in [6.07, 6.45) is 0.423. The topological polar surface area (TPSA) is 71.0 Å². The van der Waals surface area contributed by atoms with Crippen LogP contribution in [-0.2, 0) is 9.47 Å². The molecule has 3 N–H and O–H groups in total. The molecule has 0 amide bonds. The monoisotopic (exact) mass is 249 g/mol. The van der Waals surface area contributed by atoms with Crippen LogP contribution in [0.1, 0.15) is 20.3 Å². The zero-order valence-electron chi connectivity index (χ0n) is 11.0. The van der Waals surface area contributed by atoms with Crippen LogP contribution in [0.25, 0.3) is 0 Å². The van der Waals surface area contributed by atoms with Gasteiger partial charge in [-0.15, -0.1) is 0 Å². The standard InChI is InChI=1S/C12H27NO4/c1-11(2)9-17-10-12(15)8-13-4-3-6-16-7-5-14/h11-15H,3-10H2,1-2H3. The molecule has 5 heteroatoms. The molecule has 0 rings (SSSR count). The van der Waals surface area contributed by atoms with E-state index in [0.29, 0.717) is 38.9 Å². The van der Waals surface area contributed by atoms with Crippen molar-refractivity contribution in [3.8, 4) is 0 Å². The van der Waals surface area contributed by atoms with E-state index in [1.165, 1.54) is 0 Å². The lowest BCUT2D eigenvalue weighted by Crippen LogP contribution is -2.31. The van der Waals surface area contributed by atoms with Crippen molar-refractivity contribution in [2.24, 2.45) is 5.92 Å². The lowest BCUT2D eigenvalue weighted by molar-refractivity contribution is 0.0258. The quantitative estimate of drug-likeness (QED) is 0.425. The summed E-state index contributed by atoms with van der Waals surface area (Å²) >= 11 is 0. The smallest absolute Gasteiger partial charge is 0.0897 e. The highest BCUT2D eigenvalue weighted by atomic mass is 16.5. The number of rotatable bonds is 12. The second kappa shape index (κ2) is 12.3. The second-order valence-electron chi connectivity index (χ2n) is 4.48. The number of nitrogens with one attached hydrogen (secondary N) is 1. The predicted octanol–water partition coefficient (Wildman–Crippen LogP) is 0.00850. The van der Waals surface area contributed by atoms with Gasteiger partial charge in [0, 0.05) is 19.8 Å². The molecule has 1 unspecified atom stereocenters. The van der Waals surface area contributed by atoms with Crippen molar-refractivity contribution in [2.45, 2.75) is 26.4 Å². The number of hydrogen-bond acceptors (Lipinski definition) is 5. The van der Waals surface area contributed by atoms with Gasteiger partial charge in [-0.2, -0.15) is 0 Å². The van der Waals surface area contributed by atoms with Gasteiger partial charge < -0.3 is 25.0 Å². The first-order chi connectivity index (χ1) is 8.16. The van der Waals surface area contributed by atoms with Crippen molar-refractivity contribution in [1.82, 2.24) is 5.32 Å². The van der Waals surface area contributed by atoms with E-state index in [1.54, 1.807) is 0 Å². The Kier molecular flexibility index (Phi) is 12.1. The van der Waals surface area contributed by atoms with Crippen molar-refractivity contribution in [2.75, 3.05) is 46.1 Å². The Morgan fingerprint density at radius 3 is 2.53 bits per heavy atom. The van der Waals surface area contributed by atoms with Gasteiger partial charge in [0.15, 0.2) is 0 Å². The van der Waals surface area contributed by atoms with E-state index < -0.39 is 6.10 Å². The molecular weight excluding hydrogens is 222 g/mol. The Morgan fingerprint density at radius 2 is 1.88 bits per heavy atom. The van der Waals surface area contributed by atoms with Crippen molar-refractivity contribution >= 4 is 0 Å². The summed E-state index contributed by atoms with van der Waals surface area (Å²) in [6.45, 7) is 7.66. The van der Waals surface area contributed by atoms with E-state index in [1.807, 2.05) is 0 Å². The third kappa shape index (κ3) is 13.7. The Labute approximate surface area is 104 Å². The molecule has 5 nitrogen and oxygen atoms in total. The van der Waals surface area contributed by atoms with Crippen molar-refractivity contribution in [3.05, 3.63) is 0 Å². The summed E-state index contributed by atoms with van der Waals surface area (Å²) in [5.74, 6) is 0.499. The lowest BCUT2D eigenvalue weighted by Gasteiger charge is -2.13. The first-order valence-corrected chi connectivity index (χ1v) is 6.32. The average molecular weight is 249 g/mol. The van der Waals surface area contributed by atoms with Gasteiger partial charge in [0.25, 0.3) is 0 Å². The van der Waals surface area contributed by atoms with Gasteiger partial charge in [-0.25, -0.2) is 0 Å². The average Bonchev–Trinajstić information content (AvgIpc) is 2.27. The van der Waals surface area contributed by atoms with Crippen LogP contribution in [-0.4, -0.2) is 62.4 Å². The molecule has 0 spiro atoms. The molecule has 0 aromatic rings. The molecule has 0 radical (unpaired) electrons. The molecule has 0 bridgehead atoms. The van der Waals surface area contributed by atoms with Crippen LogP contribution in [0, 0.1) is 5.92 Å². The Morgan fingerprint density at radius 1 is 1.12 bits per heavy atom. The zero-order chi connectivity index (χ0) is 12.9. The maximum Gasteiger partial charge on any atom is 0.0897 e. The molecule has 0 fully saturated rings. The molecule has 0 aromatic heterocycles. The molecule has 17 heavy (non-hydrogen) atoms. The molecule has 0 aliphatic rings.